The maximum absolute atomic E-state index is 12.3. The highest BCUT2D eigenvalue weighted by Crippen LogP contribution is 2.23. The summed E-state index contributed by atoms with van der Waals surface area (Å²) in [5.74, 6) is -0.191. The molecule has 3 rings (SSSR count). The highest BCUT2D eigenvalue weighted by molar-refractivity contribution is 7.91. The van der Waals surface area contributed by atoms with E-state index in [-0.39, 0.29) is 11.5 Å². The summed E-state index contributed by atoms with van der Waals surface area (Å²) in [4.78, 5) is 12.3. The largest absolute Gasteiger partial charge is 0.497 e. The molecule has 0 unspecified atom stereocenters. The maximum atomic E-state index is 12.3. The summed E-state index contributed by atoms with van der Waals surface area (Å²) in [5.41, 5.74) is 1.04. The molecular weight excluding hydrogens is 378 g/mol. The van der Waals surface area contributed by atoms with Gasteiger partial charge in [0.25, 0.3) is 0 Å². The Morgan fingerprint density at radius 1 is 1.08 bits per heavy atom. The van der Waals surface area contributed by atoms with Crippen molar-refractivity contribution in [1.82, 2.24) is 0 Å². The first-order chi connectivity index (χ1) is 12.4. The molecule has 8 heteroatoms. The van der Waals surface area contributed by atoms with Crippen molar-refractivity contribution in [1.29, 1.82) is 0 Å². The van der Waals surface area contributed by atoms with Crippen LogP contribution in [0.4, 0.5) is 5.69 Å². The molecule has 1 N–H and O–H groups in total. The van der Waals surface area contributed by atoms with Crippen LogP contribution in [0.2, 0.25) is 5.02 Å². The van der Waals surface area contributed by atoms with Gasteiger partial charge in [0.2, 0.25) is 0 Å². The van der Waals surface area contributed by atoms with Crippen LogP contribution in [0.5, 0.6) is 5.75 Å². The predicted molar refractivity (Wildman–Crippen MR) is 99.7 cm³/mol. The van der Waals surface area contributed by atoms with Gasteiger partial charge in [0.1, 0.15) is 11.9 Å². The van der Waals surface area contributed by atoms with Crippen LogP contribution < -0.4 is 10.1 Å². The lowest BCUT2D eigenvalue weighted by Crippen LogP contribution is -2.35. The average Bonchev–Trinajstić information content (AvgIpc) is 2.89. The molecule has 1 aliphatic rings. The van der Waals surface area contributed by atoms with Gasteiger partial charge in [-0.2, -0.15) is 0 Å². The number of rotatable bonds is 5. The van der Waals surface area contributed by atoms with Gasteiger partial charge < -0.3 is 14.8 Å². The zero-order valence-corrected chi connectivity index (χ0v) is 15.6. The van der Waals surface area contributed by atoms with Crippen LogP contribution >= 0.6 is 11.6 Å². The summed E-state index contributed by atoms with van der Waals surface area (Å²) in [6.07, 6.45) is -0.773. The number of hydrogen-bond donors (Lipinski definition) is 1. The molecule has 0 radical (unpaired) electrons. The third-order valence-corrected chi connectivity index (χ3v) is 6.04. The van der Waals surface area contributed by atoms with Gasteiger partial charge >= 0.3 is 5.97 Å². The van der Waals surface area contributed by atoms with Gasteiger partial charge in [-0.15, -0.1) is 0 Å². The quantitative estimate of drug-likeness (QED) is 0.784. The van der Waals surface area contributed by atoms with Crippen molar-refractivity contribution in [3.05, 3.63) is 59.1 Å². The van der Waals surface area contributed by atoms with E-state index in [2.05, 4.69) is 5.32 Å². The van der Waals surface area contributed by atoms with Gasteiger partial charge in [0.05, 0.1) is 30.2 Å². The lowest BCUT2D eigenvalue weighted by atomic mass is 10.2. The standard InChI is InChI=1S/C18H18ClNO5S/c1-24-15-8-6-14(7-9-15)20-16-10-26(22,23)11-17(16)25-18(21)12-2-4-13(19)5-3-12/h2-9,16-17,20H,10-11H2,1H3/t16-,17+/m0/s1. The van der Waals surface area contributed by atoms with Crippen LogP contribution in [-0.4, -0.2) is 45.1 Å². The molecule has 1 fully saturated rings. The minimum absolute atomic E-state index is 0.0996. The molecule has 2 atom stereocenters. The van der Waals surface area contributed by atoms with Gasteiger partial charge in [0.15, 0.2) is 9.84 Å². The molecule has 2 aromatic carbocycles. The Bertz CT molecular complexity index is 881. The van der Waals surface area contributed by atoms with Gasteiger partial charge in [-0.25, -0.2) is 13.2 Å². The maximum Gasteiger partial charge on any atom is 0.338 e. The molecule has 0 saturated carbocycles. The second-order valence-corrected chi connectivity index (χ2v) is 8.60. The molecule has 0 aromatic heterocycles. The molecule has 2 aromatic rings. The number of anilines is 1. The van der Waals surface area contributed by atoms with Crippen LogP contribution in [0.25, 0.3) is 0 Å². The van der Waals surface area contributed by atoms with Crippen LogP contribution in [0.1, 0.15) is 10.4 Å². The second-order valence-electron chi connectivity index (χ2n) is 6.01. The Morgan fingerprint density at radius 2 is 1.73 bits per heavy atom. The molecule has 0 spiro atoms. The van der Waals surface area contributed by atoms with Crippen LogP contribution in [0.3, 0.4) is 0 Å². The lowest BCUT2D eigenvalue weighted by Gasteiger charge is -2.21. The fourth-order valence-electron chi connectivity index (χ4n) is 2.76. The van der Waals surface area contributed by atoms with E-state index in [1.165, 1.54) is 0 Å². The molecule has 26 heavy (non-hydrogen) atoms. The van der Waals surface area contributed by atoms with Crippen LogP contribution in [0, 0.1) is 0 Å². The predicted octanol–water partition coefficient (Wildman–Crippen LogP) is 2.78. The number of carbonyl (C=O) groups is 1. The summed E-state index contributed by atoms with van der Waals surface area (Å²) in [7, 11) is -1.73. The summed E-state index contributed by atoms with van der Waals surface area (Å²) < 4.78 is 34.6. The highest BCUT2D eigenvalue weighted by Gasteiger charge is 2.40. The topological polar surface area (TPSA) is 81.7 Å². The average molecular weight is 396 g/mol. The van der Waals surface area contributed by atoms with E-state index >= 15 is 0 Å². The van der Waals surface area contributed by atoms with Crippen molar-refractivity contribution in [3.63, 3.8) is 0 Å². The highest BCUT2D eigenvalue weighted by atomic mass is 35.5. The number of ether oxygens (including phenoxy) is 2. The van der Waals surface area contributed by atoms with E-state index in [1.54, 1.807) is 55.6 Å². The Labute approximate surface area is 157 Å². The number of nitrogens with one attached hydrogen (secondary N) is 1. The SMILES string of the molecule is COc1ccc(N[C@H]2CS(=O)(=O)C[C@H]2OC(=O)c2ccc(Cl)cc2)cc1. The third kappa shape index (κ3) is 4.47. The molecular formula is C18H18ClNO5S. The molecule has 1 aliphatic heterocycles. The van der Waals surface area contributed by atoms with Crippen LogP contribution in [0.15, 0.2) is 48.5 Å². The Kier molecular flexibility index (Phi) is 5.38. The Hall–Kier alpha value is -2.25. The van der Waals surface area contributed by atoms with Gasteiger partial charge in [-0.05, 0) is 48.5 Å². The molecule has 0 aliphatic carbocycles. The number of halogens is 1. The van der Waals surface area contributed by atoms with E-state index in [0.717, 1.165) is 5.69 Å². The van der Waals surface area contributed by atoms with Crippen molar-refractivity contribution in [2.45, 2.75) is 12.1 Å². The normalized spacial score (nSPS) is 21.2. The monoisotopic (exact) mass is 395 g/mol. The smallest absolute Gasteiger partial charge is 0.338 e. The van der Waals surface area contributed by atoms with Gasteiger partial charge in [-0.3, -0.25) is 0 Å². The van der Waals surface area contributed by atoms with Crippen molar-refractivity contribution >= 4 is 33.1 Å². The van der Waals surface area contributed by atoms with Crippen molar-refractivity contribution in [3.8, 4) is 5.75 Å². The molecule has 138 valence electrons. The minimum atomic E-state index is -3.30. The zero-order chi connectivity index (χ0) is 18.7. The fourth-order valence-corrected chi connectivity index (χ4v) is 4.67. The van der Waals surface area contributed by atoms with Gasteiger partial charge in [-0.1, -0.05) is 11.6 Å². The van der Waals surface area contributed by atoms with Gasteiger partial charge in [0, 0.05) is 10.7 Å². The first-order valence-corrected chi connectivity index (χ1v) is 10.1. The summed E-state index contributed by atoms with van der Waals surface area (Å²) in [5, 5.41) is 3.63. The number of sulfone groups is 1. The summed E-state index contributed by atoms with van der Waals surface area (Å²) in [6, 6.07) is 12.8. The number of benzene rings is 2. The number of hydrogen-bond acceptors (Lipinski definition) is 6. The molecule has 1 heterocycles. The minimum Gasteiger partial charge on any atom is -0.497 e. The van der Waals surface area contributed by atoms with Crippen LogP contribution in [-0.2, 0) is 14.6 Å². The van der Waals surface area contributed by atoms with E-state index in [1.807, 2.05) is 0 Å². The number of esters is 1. The van der Waals surface area contributed by atoms with E-state index < -0.39 is 28.0 Å². The first-order valence-electron chi connectivity index (χ1n) is 7.94. The first kappa shape index (κ1) is 18.5. The number of methoxy groups -OCH3 is 1. The molecule has 1 saturated heterocycles. The second kappa shape index (κ2) is 7.55. The van der Waals surface area contributed by atoms with E-state index in [4.69, 9.17) is 21.1 Å². The summed E-state index contributed by atoms with van der Waals surface area (Å²) >= 11 is 5.81. The molecule has 0 bridgehead atoms. The summed E-state index contributed by atoms with van der Waals surface area (Å²) in [6.45, 7) is 0. The van der Waals surface area contributed by atoms with Crippen molar-refractivity contribution in [2.75, 3.05) is 23.9 Å². The third-order valence-electron chi connectivity index (χ3n) is 4.08. The zero-order valence-electron chi connectivity index (χ0n) is 14.0. The Balaban J connectivity index is 1.73. The van der Waals surface area contributed by atoms with Crippen molar-refractivity contribution < 1.29 is 22.7 Å². The lowest BCUT2D eigenvalue weighted by molar-refractivity contribution is 0.0337. The van der Waals surface area contributed by atoms with E-state index in [0.29, 0.717) is 16.3 Å². The number of carbonyl (C=O) groups excluding carboxylic acids is 1. The van der Waals surface area contributed by atoms with Crippen molar-refractivity contribution in [2.24, 2.45) is 0 Å². The van der Waals surface area contributed by atoms with E-state index in [9.17, 15) is 13.2 Å². The molecule has 0 amide bonds. The molecule has 6 nitrogen and oxygen atoms in total. The Morgan fingerprint density at radius 3 is 2.35 bits per heavy atom. The fraction of sp³-hybridized carbons (Fsp3) is 0.278.